The van der Waals surface area contributed by atoms with E-state index >= 15 is 0 Å². The second-order valence-electron chi connectivity index (χ2n) is 5.79. The Labute approximate surface area is 154 Å². The number of fused-ring (bicyclic) bond motifs is 1. The third kappa shape index (κ3) is 3.55. The third-order valence-electron chi connectivity index (χ3n) is 3.99. The van der Waals surface area contributed by atoms with Gasteiger partial charge in [0.15, 0.2) is 0 Å². The third-order valence-corrected chi connectivity index (χ3v) is 4.81. The predicted octanol–water partition coefficient (Wildman–Crippen LogP) is 4.65. The van der Waals surface area contributed by atoms with E-state index in [0.29, 0.717) is 26.8 Å². The minimum absolute atomic E-state index is 0.174. The Balaban J connectivity index is 1.97. The molecule has 0 bridgehead atoms. The molecule has 1 aromatic heterocycles. The fraction of sp³-hybridized carbons (Fsp3) is 0.158. The quantitative estimate of drug-likeness (QED) is 0.677. The smallest absolute Gasteiger partial charge is 0.336 e. The molecule has 0 atom stereocenters. The highest BCUT2D eigenvalue weighted by molar-refractivity contribution is 6.33. The summed E-state index contributed by atoms with van der Waals surface area (Å²) in [5.74, 6) is -0.278. The van der Waals surface area contributed by atoms with E-state index in [1.54, 1.807) is 30.3 Å². The first-order chi connectivity index (χ1) is 11.9. The highest BCUT2D eigenvalue weighted by atomic mass is 35.5. The summed E-state index contributed by atoms with van der Waals surface area (Å²) in [7, 11) is 0. The Hall–Kier alpha value is -2.30. The van der Waals surface area contributed by atoms with Crippen LogP contribution in [0, 0.1) is 13.8 Å². The van der Waals surface area contributed by atoms with Crippen molar-refractivity contribution in [2.45, 2.75) is 20.4 Å². The van der Waals surface area contributed by atoms with Crippen molar-refractivity contribution in [1.82, 2.24) is 5.32 Å². The molecule has 25 heavy (non-hydrogen) atoms. The van der Waals surface area contributed by atoms with Gasteiger partial charge >= 0.3 is 5.63 Å². The number of nitrogens with one attached hydrogen (secondary N) is 1. The van der Waals surface area contributed by atoms with Crippen molar-refractivity contribution in [2.75, 3.05) is 0 Å². The number of benzene rings is 2. The molecule has 1 amide bonds. The molecule has 0 radical (unpaired) electrons. The Bertz CT molecular complexity index is 1040. The van der Waals surface area contributed by atoms with Gasteiger partial charge in [-0.1, -0.05) is 29.3 Å². The van der Waals surface area contributed by atoms with Crippen molar-refractivity contribution in [3.05, 3.63) is 79.1 Å². The summed E-state index contributed by atoms with van der Waals surface area (Å²) >= 11 is 12.2. The molecule has 3 aromatic rings. The van der Waals surface area contributed by atoms with E-state index in [1.165, 1.54) is 6.07 Å². The van der Waals surface area contributed by atoms with E-state index in [4.69, 9.17) is 27.6 Å². The number of aryl methyl sites for hydroxylation is 2. The predicted molar refractivity (Wildman–Crippen MR) is 99.6 cm³/mol. The number of carbonyl (C=O) groups excluding carboxylic acids is 1. The summed E-state index contributed by atoms with van der Waals surface area (Å²) in [6, 6.07) is 9.76. The van der Waals surface area contributed by atoms with Crippen LogP contribution in [0.25, 0.3) is 11.0 Å². The first-order valence-corrected chi connectivity index (χ1v) is 8.38. The summed E-state index contributed by atoms with van der Waals surface area (Å²) < 4.78 is 5.28. The molecule has 0 aliphatic heterocycles. The van der Waals surface area contributed by atoms with Crippen LogP contribution >= 0.6 is 23.2 Å². The maximum Gasteiger partial charge on any atom is 0.336 e. The van der Waals surface area contributed by atoms with E-state index < -0.39 is 5.63 Å². The zero-order chi connectivity index (χ0) is 18.1. The van der Waals surface area contributed by atoms with Crippen LogP contribution in [0.3, 0.4) is 0 Å². The van der Waals surface area contributed by atoms with Gasteiger partial charge in [-0.15, -0.1) is 0 Å². The van der Waals surface area contributed by atoms with Crippen LogP contribution in [-0.2, 0) is 6.54 Å². The number of amides is 1. The van der Waals surface area contributed by atoms with Gasteiger partial charge in [-0.3, -0.25) is 4.79 Å². The topological polar surface area (TPSA) is 59.3 Å². The lowest BCUT2D eigenvalue weighted by atomic mass is 10.0. The lowest BCUT2D eigenvalue weighted by molar-refractivity contribution is 0.0951. The molecule has 2 aromatic carbocycles. The Morgan fingerprint density at radius 1 is 1.16 bits per heavy atom. The molecule has 0 fully saturated rings. The lowest BCUT2D eigenvalue weighted by Gasteiger charge is -2.12. The van der Waals surface area contributed by atoms with E-state index in [-0.39, 0.29) is 12.5 Å². The standard InChI is InChI=1S/C19H15Cl2NO3/c1-10-6-15-17(11(2)18(10)21)13(8-16(23)25-15)9-22-19(24)12-4-3-5-14(20)7-12/h3-8H,9H2,1-2H3,(H,22,24). The molecule has 0 aliphatic rings. The lowest BCUT2D eigenvalue weighted by Crippen LogP contribution is -2.23. The average Bonchev–Trinajstić information content (AvgIpc) is 2.57. The first kappa shape index (κ1) is 17.5. The molecular weight excluding hydrogens is 361 g/mol. The van der Waals surface area contributed by atoms with Gasteiger partial charge in [0.1, 0.15) is 5.58 Å². The fourth-order valence-electron chi connectivity index (χ4n) is 2.80. The summed E-state index contributed by atoms with van der Waals surface area (Å²) in [6.07, 6.45) is 0. The molecule has 128 valence electrons. The molecule has 0 unspecified atom stereocenters. The molecule has 6 heteroatoms. The highest BCUT2D eigenvalue weighted by Gasteiger charge is 2.14. The Kier molecular flexibility index (Phi) is 4.84. The van der Waals surface area contributed by atoms with Gasteiger partial charge in [-0.25, -0.2) is 4.79 Å². The molecule has 0 spiro atoms. The van der Waals surface area contributed by atoms with Crippen LogP contribution in [0.1, 0.15) is 27.0 Å². The van der Waals surface area contributed by atoms with Gasteiger partial charge in [0.25, 0.3) is 5.91 Å². The number of rotatable bonds is 3. The van der Waals surface area contributed by atoms with Crippen LogP contribution in [0.4, 0.5) is 0 Å². The van der Waals surface area contributed by atoms with Crippen LogP contribution in [0.5, 0.6) is 0 Å². The molecule has 1 heterocycles. The van der Waals surface area contributed by atoms with Crippen molar-refractivity contribution in [3.8, 4) is 0 Å². The van der Waals surface area contributed by atoms with Crippen LogP contribution in [0.2, 0.25) is 10.0 Å². The largest absolute Gasteiger partial charge is 0.423 e. The van der Waals surface area contributed by atoms with Gasteiger partial charge in [0, 0.05) is 33.6 Å². The van der Waals surface area contributed by atoms with Crippen LogP contribution < -0.4 is 10.9 Å². The number of hydrogen-bond donors (Lipinski definition) is 1. The summed E-state index contributed by atoms with van der Waals surface area (Å²) in [5.41, 5.74) is 2.73. The molecule has 1 N–H and O–H groups in total. The average molecular weight is 376 g/mol. The minimum atomic E-state index is -0.472. The van der Waals surface area contributed by atoms with Gasteiger partial charge in [-0.05, 0) is 54.8 Å². The summed E-state index contributed by atoms with van der Waals surface area (Å²) in [4.78, 5) is 24.1. The second-order valence-corrected chi connectivity index (χ2v) is 6.60. The van der Waals surface area contributed by atoms with Crippen LogP contribution in [-0.4, -0.2) is 5.91 Å². The zero-order valence-corrected chi connectivity index (χ0v) is 15.2. The van der Waals surface area contributed by atoms with Gasteiger partial charge < -0.3 is 9.73 Å². The minimum Gasteiger partial charge on any atom is -0.423 e. The molecule has 3 rings (SSSR count). The highest BCUT2D eigenvalue weighted by Crippen LogP contribution is 2.30. The van der Waals surface area contributed by atoms with E-state index in [1.807, 2.05) is 13.8 Å². The zero-order valence-electron chi connectivity index (χ0n) is 13.7. The van der Waals surface area contributed by atoms with Crippen molar-refractivity contribution < 1.29 is 9.21 Å². The maximum atomic E-state index is 12.3. The normalized spacial score (nSPS) is 10.9. The summed E-state index contributed by atoms with van der Waals surface area (Å²) in [5, 5.41) is 4.64. The summed E-state index contributed by atoms with van der Waals surface area (Å²) in [6.45, 7) is 3.88. The van der Waals surface area contributed by atoms with E-state index in [9.17, 15) is 9.59 Å². The fourth-order valence-corrected chi connectivity index (χ4v) is 3.14. The first-order valence-electron chi connectivity index (χ1n) is 7.63. The number of halogens is 2. The molecule has 0 aliphatic carbocycles. The van der Waals surface area contributed by atoms with Crippen molar-refractivity contribution in [3.63, 3.8) is 0 Å². The number of hydrogen-bond acceptors (Lipinski definition) is 3. The van der Waals surface area contributed by atoms with Crippen molar-refractivity contribution >= 4 is 40.1 Å². The number of carbonyl (C=O) groups is 1. The molecule has 0 saturated carbocycles. The maximum absolute atomic E-state index is 12.3. The van der Waals surface area contributed by atoms with Crippen LogP contribution in [0.15, 0.2) is 45.6 Å². The SMILES string of the molecule is Cc1cc2oc(=O)cc(CNC(=O)c3cccc(Cl)c3)c2c(C)c1Cl. The Morgan fingerprint density at radius 3 is 2.64 bits per heavy atom. The van der Waals surface area contributed by atoms with E-state index in [0.717, 1.165) is 16.5 Å². The van der Waals surface area contributed by atoms with Crippen molar-refractivity contribution in [2.24, 2.45) is 0 Å². The molecule has 4 nitrogen and oxygen atoms in total. The molecular formula is C19H15Cl2NO3. The molecule has 0 saturated heterocycles. The second kappa shape index (κ2) is 6.90. The van der Waals surface area contributed by atoms with Gasteiger partial charge in [-0.2, -0.15) is 0 Å². The Morgan fingerprint density at radius 2 is 1.92 bits per heavy atom. The van der Waals surface area contributed by atoms with Crippen molar-refractivity contribution in [1.29, 1.82) is 0 Å². The van der Waals surface area contributed by atoms with Gasteiger partial charge in [0.2, 0.25) is 0 Å². The van der Waals surface area contributed by atoms with Gasteiger partial charge in [0.05, 0.1) is 0 Å². The monoisotopic (exact) mass is 375 g/mol. The van der Waals surface area contributed by atoms with E-state index in [2.05, 4.69) is 5.32 Å².